The van der Waals surface area contributed by atoms with Crippen molar-refractivity contribution < 1.29 is 5.11 Å². The summed E-state index contributed by atoms with van der Waals surface area (Å²) in [4.78, 5) is 6.30. The number of hydrogen-bond donors (Lipinski definition) is 1. The highest BCUT2D eigenvalue weighted by Crippen LogP contribution is 2.15. The molecule has 0 saturated carbocycles. The third-order valence-corrected chi connectivity index (χ3v) is 2.15. The van der Waals surface area contributed by atoms with Crippen LogP contribution in [0.15, 0.2) is 30.5 Å². The SMILES string of the molecule is C=C(C)CN(C)c1ccc([C@@H](C)O)cn1. The molecule has 0 aliphatic heterocycles. The summed E-state index contributed by atoms with van der Waals surface area (Å²) in [6.45, 7) is 8.37. The molecule has 1 heterocycles. The number of pyridine rings is 1. The highest BCUT2D eigenvalue weighted by atomic mass is 16.3. The van der Waals surface area contributed by atoms with Crippen LogP contribution in [0.4, 0.5) is 5.82 Å². The summed E-state index contributed by atoms with van der Waals surface area (Å²) in [6, 6.07) is 3.80. The zero-order valence-corrected chi connectivity index (χ0v) is 9.57. The highest BCUT2D eigenvalue weighted by molar-refractivity contribution is 5.39. The monoisotopic (exact) mass is 206 g/mol. The summed E-state index contributed by atoms with van der Waals surface area (Å²) in [6.07, 6.45) is 1.24. The van der Waals surface area contributed by atoms with Gasteiger partial charge in [0, 0.05) is 19.8 Å². The van der Waals surface area contributed by atoms with Gasteiger partial charge in [-0.25, -0.2) is 4.98 Å². The van der Waals surface area contributed by atoms with E-state index in [1.165, 1.54) is 0 Å². The van der Waals surface area contributed by atoms with E-state index in [0.717, 1.165) is 23.5 Å². The van der Waals surface area contributed by atoms with Crippen molar-refractivity contribution >= 4 is 5.82 Å². The molecule has 3 nitrogen and oxygen atoms in total. The van der Waals surface area contributed by atoms with Gasteiger partial charge in [-0.1, -0.05) is 18.2 Å². The molecule has 15 heavy (non-hydrogen) atoms. The largest absolute Gasteiger partial charge is 0.389 e. The third kappa shape index (κ3) is 3.36. The normalized spacial score (nSPS) is 12.3. The van der Waals surface area contributed by atoms with E-state index in [4.69, 9.17) is 0 Å². The van der Waals surface area contributed by atoms with Gasteiger partial charge in [0.25, 0.3) is 0 Å². The maximum Gasteiger partial charge on any atom is 0.128 e. The first kappa shape index (κ1) is 11.7. The van der Waals surface area contributed by atoms with Crippen LogP contribution in [-0.4, -0.2) is 23.7 Å². The Morgan fingerprint density at radius 2 is 2.27 bits per heavy atom. The standard InChI is InChI=1S/C12H18N2O/c1-9(2)8-14(4)12-6-5-11(7-13-12)10(3)15/h5-7,10,15H,1,8H2,2-4H3/t10-/m1/s1. The number of aromatic nitrogens is 1. The average Bonchev–Trinajstić information content (AvgIpc) is 2.17. The van der Waals surface area contributed by atoms with Crippen LogP contribution in [0.3, 0.4) is 0 Å². The Morgan fingerprint density at radius 1 is 1.60 bits per heavy atom. The first-order chi connectivity index (χ1) is 7.00. The number of anilines is 1. The van der Waals surface area contributed by atoms with Crippen LogP contribution >= 0.6 is 0 Å². The smallest absolute Gasteiger partial charge is 0.128 e. The first-order valence-corrected chi connectivity index (χ1v) is 5.00. The molecule has 3 heteroatoms. The van der Waals surface area contributed by atoms with Gasteiger partial charge in [-0.3, -0.25) is 0 Å². The lowest BCUT2D eigenvalue weighted by Crippen LogP contribution is -2.20. The molecule has 0 bridgehead atoms. The van der Waals surface area contributed by atoms with Gasteiger partial charge in [0.05, 0.1) is 6.10 Å². The van der Waals surface area contributed by atoms with E-state index in [1.807, 2.05) is 31.0 Å². The molecular formula is C12H18N2O. The minimum atomic E-state index is -0.460. The number of aliphatic hydroxyl groups is 1. The van der Waals surface area contributed by atoms with Gasteiger partial charge < -0.3 is 10.0 Å². The zero-order valence-electron chi connectivity index (χ0n) is 9.57. The molecule has 82 valence electrons. The van der Waals surface area contributed by atoms with Crippen molar-refractivity contribution in [1.82, 2.24) is 4.98 Å². The predicted molar refractivity (Wildman–Crippen MR) is 63.0 cm³/mol. The van der Waals surface area contributed by atoms with Crippen LogP contribution in [0, 0.1) is 0 Å². The van der Waals surface area contributed by atoms with Crippen LogP contribution < -0.4 is 4.90 Å². The molecule has 0 unspecified atom stereocenters. The lowest BCUT2D eigenvalue weighted by atomic mass is 10.2. The maximum atomic E-state index is 9.33. The van der Waals surface area contributed by atoms with E-state index in [2.05, 4.69) is 11.6 Å². The Bertz CT molecular complexity index is 330. The van der Waals surface area contributed by atoms with Crippen molar-refractivity contribution in [3.8, 4) is 0 Å². The Kier molecular flexibility index (Phi) is 3.86. The topological polar surface area (TPSA) is 36.4 Å². The van der Waals surface area contributed by atoms with Crippen molar-refractivity contribution in [1.29, 1.82) is 0 Å². The van der Waals surface area contributed by atoms with Crippen molar-refractivity contribution in [2.45, 2.75) is 20.0 Å². The van der Waals surface area contributed by atoms with Crippen molar-refractivity contribution in [3.63, 3.8) is 0 Å². The number of likely N-dealkylation sites (N-methyl/N-ethyl adjacent to an activating group) is 1. The fourth-order valence-electron chi connectivity index (χ4n) is 1.36. The van der Waals surface area contributed by atoms with Gasteiger partial charge >= 0.3 is 0 Å². The zero-order chi connectivity index (χ0) is 11.4. The second-order valence-corrected chi connectivity index (χ2v) is 3.94. The van der Waals surface area contributed by atoms with Crippen molar-refractivity contribution in [2.75, 3.05) is 18.5 Å². The quantitative estimate of drug-likeness (QED) is 0.767. The van der Waals surface area contributed by atoms with E-state index >= 15 is 0 Å². The molecular weight excluding hydrogens is 188 g/mol. The number of rotatable bonds is 4. The van der Waals surface area contributed by atoms with Gasteiger partial charge in [0.1, 0.15) is 5.82 Å². The van der Waals surface area contributed by atoms with Crippen LogP contribution in [0.5, 0.6) is 0 Å². The molecule has 0 spiro atoms. The van der Waals surface area contributed by atoms with Crippen LogP contribution in [-0.2, 0) is 0 Å². The third-order valence-electron chi connectivity index (χ3n) is 2.15. The molecule has 0 aliphatic carbocycles. The van der Waals surface area contributed by atoms with Crippen LogP contribution in [0.2, 0.25) is 0 Å². The van der Waals surface area contributed by atoms with Crippen LogP contribution in [0.1, 0.15) is 25.5 Å². The minimum Gasteiger partial charge on any atom is -0.389 e. The number of nitrogens with zero attached hydrogens (tertiary/aromatic N) is 2. The second kappa shape index (κ2) is 4.94. The van der Waals surface area contributed by atoms with Crippen molar-refractivity contribution in [2.24, 2.45) is 0 Å². The molecule has 0 aliphatic rings. The van der Waals surface area contributed by atoms with Gasteiger partial charge in [-0.15, -0.1) is 0 Å². The molecule has 1 atom stereocenters. The fraction of sp³-hybridized carbons (Fsp3) is 0.417. The predicted octanol–water partition coefficient (Wildman–Crippen LogP) is 2.15. The van der Waals surface area contributed by atoms with Gasteiger partial charge in [-0.2, -0.15) is 0 Å². The van der Waals surface area contributed by atoms with E-state index in [1.54, 1.807) is 13.1 Å². The minimum absolute atomic E-state index is 0.460. The Morgan fingerprint density at radius 3 is 2.67 bits per heavy atom. The van der Waals surface area contributed by atoms with Gasteiger partial charge in [0.15, 0.2) is 0 Å². The van der Waals surface area contributed by atoms with Gasteiger partial charge in [-0.05, 0) is 25.5 Å². The van der Waals surface area contributed by atoms with E-state index < -0.39 is 6.10 Å². The maximum absolute atomic E-state index is 9.33. The van der Waals surface area contributed by atoms with E-state index in [0.29, 0.717) is 0 Å². The summed E-state index contributed by atoms with van der Waals surface area (Å²) in [5.74, 6) is 0.891. The number of aliphatic hydroxyl groups excluding tert-OH is 1. The van der Waals surface area contributed by atoms with Crippen molar-refractivity contribution in [3.05, 3.63) is 36.0 Å². The number of hydrogen-bond acceptors (Lipinski definition) is 3. The summed E-state index contributed by atoms with van der Waals surface area (Å²) in [7, 11) is 1.97. The Hall–Kier alpha value is -1.35. The molecule has 1 aromatic heterocycles. The fourth-order valence-corrected chi connectivity index (χ4v) is 1.36. The Labute approximate surface area is 91.1 Å². The molecule has 1 N–H and O–H groups in total. The molecule has 0 fully saturated rings. The average molecular weight is 206 g/mol. The first-order valence-electron chi connectivity index (χ1n) is 5.00. The Balaban J connectivity index is 2.75. The van der Waals surface area contributed by atoms with E-state index in [-0.39, 0.29) is 0 Å². The molecule has 0 radical (unpaired) electrons. The lowest BCUT2D eigenvalue weighted by molar-refractivity contribution is 0.199. The summed E-state index contributed by atoms with van der Waals surface area (Å²) >= 11 is 0. The molecule has 0 aromatic carbocycles. The molecule has 0 saturated heterocycles. The molecule has 1 aromatic rings. The summed E-state index contributed by atoms with van der Waals surface area (Å²) in [5, 5.41) is 9.33. The molecule has 1 rings (SSSR count). The lowest BCUT2D eigenvalue weighted by Gasteiger charge is -2.18. The van der Waals surface area contributed by atoms with Gasteiger partial charge in [0.2, 0.25) is 0 Å². The second-order valence-electron chi connectivity index (χ2n) is 3.94. The molecule has 0 amide bonds. The van der Waals surface area contributed by atoms with Crippen LogP contribution in [0.25, 0.3) is 0 Å². The van der Waals surface area contributed by atoms with E-state index in [9.17, 15) is 5.11 Å². The summed E-state index contributed by atoms with van der Waals surface area (Å²) < 4.78 is 0. The summed E-state index contributed by atoms with van der Waals surface area (Å²) in [5.41, 5.74) is 1.93. The highest BCUT2D eigenvalue weighted by Gasteiger charge is 2.04.